The van der Waals surface area contributed by atoms with E-state index < -0.39 is 5.54 Å². The second-order valence-corrected chi connectivity index (χ2v) is 7.34. The summed E-state index contributed by atoms with van der Waals surface area (Å²) >= 11 is 1.66. The lowest BCUT2D eigenvalue weighted by Gasteiger charge is -2.30. The van der Waals surface area contributed by atoms with Crippen molar-refractivity contribution in [3.8, 4) is 6.07 Å². The molecule has 1 heterocycles. The normalized spacial score (nSPS) is 12.5. The van der Waals surface area contributed by atoms with Crippen LogP contribution in [0.25, 0.3) is 0 Å². The first kappa shape index (κ1) is 18.2. The number of likely N-dealkylation sites (N-methyl/N-ethyl adjacent to an activating group) is 1. The molecule has 0 bridgehead atoms. The minimum Gasteiger partial charge on any atom is -0.326 e. The molecule has 4 nitrogen and oxygen atoms in total. The summed E-state index contributed by atoms with van der Waals surface area (Å²) < 4.78 is 0. The molecular formula is C19H23N3OS. The van der Waals surface area contributed by atoms with E-state index in [-0.39, 0.29) is 18.5 Å². The van der Waals surface area contributed by atoms with Crippen molar-refractivity contribution >= 4 is 17.2 Å². The number of nitriles is 1. The minimum atomic E-state index is -0.818. The maximum absolute atomic E-state index is 12.4. The van der Waals surface area contributed by atoms with Gasteiger partial charge in [-0.2, -0.15) is 5.26 Å². The number of benzene rings is 1. The lowest BCUT2D eigenvalue weighted by molar-refractivity contribution is -0.132. The second kappa shape index (κ2) is 7.61. The van der Waals surface area contributed by atoms with Gasteiger partial charge in [-0.1, -0.05) is 35.9 Å². The molecule has 2 aromatic rings. The van der Waals surface area contributed by atoms with Crippen molar-refractivity contribution in [1.29, 1.82) is 5.26 Å². The van der Waals surface area contributed by atoms with Crippen LogP contribution in [0.5, 0.6) is 0 Å². The van der Waals surface area contributed by atoms with Crippen LogP contribution in [-0.4, -0.2) is 29.9 Å². The maximum Gasteiger partial charge on any atom is 0.237 e. The van der Waals surface area contributed by atoms with Gasteiger partial charge >= 0.3 is 0 Å². The fourth-order valence-electron chi connectivity index (χ4n) is 2.29. The molecule has 24 heavy (non-hydrogen) atoms. The van der Waals surface area contributed by atoms with Gasteiger partial charge in [0.15, 0.2) is 0 Å². The molecule has 1 N–H and O–H groups in total. The highest BCUT2D eigenvalue weighted by Crippen LogP contribution is 2.26. The minimum absolute atomic E-state index is 0.0341. The zero-order valence-corrected chi connectivity index (χ0v) is 15.4. The Morgan fingerprint density at radius 3 is 2.54 bits per heavy atom. The largest absolute Gasteiger partial charge is 0.326 e. The van der Waals surface area contributed by atoms with E-state index in [0.29, 0.717) is 0 Å². The van der Waals surface area contributed by atoms with Crippen molar-refractivity contribution in [3.63, 3.8) is 0 Å². The number of hydrogen-bond acceptors (Lipinski definition) is 4. The summed E-state index contributed by atoms with van der Waals surface area (Å²) in [5, 5.41) is 14.6. The molecule has 0 aliphatic carbocycles. The molecule has 0 saturated heterocycles. The number of hydrogen-bond donors (Lipinski definition) is 1. The van der Waals surface area contributed by atoms with E-state index >= 15 is 0 Å². The SMILES string of the molecule is Cc1ccc([C@H](NCC(=O)N(C)C(C)(C)C#N)c2cccs2)cc1. The average molecular weight is 341 g/mol. The van der Waals surface area contributed by atoms with Gasteiger partial charge in [0.1, 0.15) is 5.54 Å². The van der Waals surface area contributed by atoms with Crippen molar-refractivity contribution in [3.05, 3.63) is 57.8 Å². The molecule has 0 spiro atoms. The highest BCUT2D eigenvalue weighted by atomic mass is 32.1. The predicted octanol–water partition coefficient (Wildman–Crippen LogP) is 3.50. The molecule has 0 aliphatic rings. The number of rotatable bonds is 6. The van der Waals surface area contributed by atoms with Gasteiger partial charge in [0.05, 0.1) is 18.7 Å². The van der Waals surface area contributed by atoms with Gasteiger partial charge in [-0.3, -0.25) is 10.1 Å². The highest BCUT2D eigenvalue weighted by molar-refractivity contribution is 7.10. The van der Waals surface area contributed by atoms with Crippen LogP contribution in [0.2, 0.25) is 0 Å². The molecule has 126 valence electrons. The second-order valence-electron chi connectivity index (χ2n) is 6.36. The van der Waals surface area contributed by atoms with Crippen LogP contribution in [-0.2, 0) is 4.79 Å². The number of nitrogens with zero attached hydrogens (tertiary/aromatic N) is 2. The summed E-state index contributed by atoms with van der Waals surface area (Å²) in [5.41, 5.74) is 1.51. The number of carbonyl (C=O) groups excluding carboxylic acids is 1. The van der Waals surface area contributed by atoms with Gasteiger partial charge in [0.2, 0.25) is 5.91 Å². The first-order valence-electron chi connectivity index (χ1n) is 7.86. The lowest BCUT2D eigenvalue weighted by atomic mass is 10.0. The molecule has 0 unspecified atom stereocenters. The molecule has 0 saturated carbocycles. The van der Waals surface area contributed by atoms with E-state index in [1.165, 1.54) is 10.5 Å². The van der Waals surface area contributed by atoms with E-state index in [4.69, 9.17) is 0 Å². The summed E-state index contributed by atoms with van der Waals surface area (Å²) in [4.78, 5) is 15.1. The zero-order chi connectivity index (χ0) is 17.7. The molecule has 5 heteroatoms. The van der Waals surface area contributed by atoms with Crippen LogP contribution in [0.1, 0.15) is 35.9 Å². The standard InChI is InChI=1S/C19H23N3OS/c1-14-7-9-15(10-8-14)18(16-6-5-11-24-16)21-12-17(23)22(4)19(2,3)13-20/h5-11,18,21H,12H2,1-4H3/t18-/m0/s1. The van der Waals surface area contributed by atoms with Gasteiger partial charge < -0.3 is 4.90 Å². The Morgan fingerprint density at radius 1 is 1.33 bits per heavy atom. The van der Waals surface area contributed by atoms with Crippen LogP contribution in [0, 0.1) is 18.3 Å². The third kappa shape index (κ3) is 4.22. The van der Waals surface area contributed by atoms with Crippen molar-refractivity contribution in [2.24, 2.45) is 0 Å². The average Bonchev–Trinajstić information content (AvgIpc) is 3.10. The van der Waals surface area contributed by atoms with E-state index in [9.17, 15) is 10.1 Å². The molecular weight excluding hydrogens is 318 g/mol. The van der Waals surface area contributed by atoms with Crippen LogP contribution in [0.4, 0.5) is 0 Å². The van der Waals surface area contributed by atoms with Crippen molar-refractivity contribution in [2.75, 3.05) is 13.6 Å². The van der Waals surface area contributed by atoms with Crippen molar-refractivity contribution < 1.29 is 4.79 Å². The Morgan fingerprint density at radius 2 is 2.00 bits per heavy atom. The Kier molecular flexibility index (Phi) is 5.76. The summed E-state index contributed by atoms with van der Waals surface area (Å²) in [6.07, 6.45) is 0. The Labute approximate surface area is 147 Å². The topological polar surface area (TPSA) is 56.1 Å². The summed E-state index contributed by atoms with van der Waals surface area (Å²) in [7, 11) is 1.67. The molecule has 0 fully saturated rings. The van der Waals surface area contributed by atoms with Gasteiger partial charge in [-0.05, 0) is 37.8 Å². The van der Waals surface area contributed by atoms with Crippen LogP contribution in [0.15, 0.2) is 41.8 Å². The van der Waals surface area contributed by atoms with E-state index in [2.05, 4.69) is 48.6 Å². The molecule has 2 rings (SSSR count). The van der Waals surface area contributed by atoms with Crippen LogP contribution >= 0.6 is 11.3 Å². The van der Waals surface area contributed by atoms with Crippen molar-refractivity contribution in [1.82, 2.24) is 10.2 Å². The highest BCUT2D eigenvalue weighted by Gasteiger charge is 2.27. The molecule has 1 aromatic carbocycles. The number of thiophene rings is 1. The quantitative estimate of drug-likeness (QED) is 0.875. The van der Waals surface area contributed by atoms with Crippen LogP contribution in [0.3, 0.4) is 0 Å². The summed E-state index contributed by atoms with van der Waals surface area (Å²) in [5.74, 6) is -0.102. The summed E-state index contributed by atoms with van der Waals surface area (Å²) in [6, 6.07) is 14.5. The fourth-order valence-corrected chi connectivity index (χ4v) is 3.12. The smallest absolute Gasteiger partial charge is 0.237 e. The lowest BCUT2D eigenvalue weighted by Crippen LogP contribution is -2.47. The van der Waals surface area contributed by atoms with E-state index in [1.807, 2.05) is 11.4 Å². The third-order valence-corrected chi connectivity index (χ3v) is 5.12. The van der Waals surface area contributed by atoms with E-state index in [0.717, 1.165) is 10.4 Å². The maximum atomic E-state index is 12.4. The molecule has 1 aromatic heterocycles. The molecule has 0 aliphatic heterocycles. The fraction of sp³-hybridized carbons (Fsp3) is 0.368. The number of nitrogens with one attached hydrogen (secondary N) is 1. The number of aryl methyl sites for hydroxylation is 1. The monoisotopic (exact) mass is 341 g/mol. The van der Waals surface area contributed by atoms with E-state index in [1.54, 1.807) is 32.2 Å². The first-order chi connectivity index (χ1) is 11.3. The molecule has 1 amide bonds. The molecule has 0 radical (unpaired) electrons. The van der Waals surface area contributed by atoms with Crippen LogP contribution < -0.4 is 5.32 Å². The molecule has 1 atom stereocenters. The third-order valence-electron chi connectivity index (χ3n) is 4.18. The first-order valence-corrected chi connectivity index (χ1v) is 8.74. The van der Waals surface area contributed by atoms with Gasteiger partial charge in [0.25, 0.3) is 0 Å². The van der Waals surface area contributed by atoms with Gasteiger partial charge in [0, 0.05) is 11.9 Å². The Balaban J connectivity index is 2.14. The van der Waals surface area contributed by atoms with Gasteiger partial charge in [-0.15, -0.1) is 11.3 Å². The Hall–Kier alpha value is -2.16. The van der Waals surface area contributed by atoms with Crippen molar-refractivity contribution in [2.45, 2.75) is 32.4 Å². The summed E-state index contributed by atoms with van der Waals surface area (Å²) in [6.45, 7) is 5.71. The Bertz CT molecular complexity index is 714. The van der Waals surface area contributed by atoms with Gasteiger partial charge in [-0.25, -0.2) is 0 Å². The zero-order valence-electron chi connectivity index (χ0n) is 14.5. The number of amides is 1. The number of carbonyl (C=O) groups is 1. The predicted molar refractivity (Wildman–Crippen MR) is 97.8 cm³/mol.